The van der Waals surface area contributed by atoms with Gasteiger partial charge in [-0.15, -0.1) is 0 Å². The van der Waals surface area contributed by atoms with Gasteiger partial charge in [0.1, 0.15) is 0 Å². The zero-order valence-electron chi connectivity index (χ0n) is 11.8. The van der Waals surface area contributed by atoms with Crippen molar-refractivity contribution in [2.24, 2.45) is 0 Å². The summed E-state index contributed by atoms with van der Waals surface area (Å²) in [4.78, 5) is 0. The van der Waals surface area contributed by atoms with E-state index in [2.05, 4.69) is 62.8 Å². The van der Waals surface area contributed by atoms with Gasteiger partial charge in [-0.3, -0.25) is 0 Å². The first-order chi connectivity index (χ1) is 8.91. The maximum Gasteiger partial charge on any atom is 0.0520 e. The Hall–Kier alpha value is -0.920. The molecular formula is C17H19ClS. The third kappa shape index (κ3) is 1.91. The van der Waals surface area contributed by atoms with Crippen molar-refractivity contribution in [1.29, 1.82) is 0 Å². The van der Waals surface area contributed by atoms with Crippen molar-refractivity contribution >= 4 is 19.9 Å². The number of hydrogen-bond donors (Lipinski definition) is 0. The summed E-state index contributed by atoms with van der Waals surface area (Å²) in [6, 6.07) is 13.2. The Balaban J connectivity index is 2.40. The lowest BCUT2D eigenvalue weighted by atomic mass is 9.97. The smallest absolute Gasteiger partial charge is 0.0520 e. The molecule has 0 atom stereocenters. The minimum Gasteiger partial charge on any atom is -0.158 e. The molecule has 0 radical (unpaired) electrons. The average molecular weight is 291 g/mol. The summed E-state index contributed by atoms with van der Waals surface area (Å²) in [6.45, 7) is 4.40. The molecule has 0 nitrogen and oxygen atoms in total. The lowest BCUT2D eigenvalue weighted by Gasteiger charge is -2.31. The van der Waals surface area contributed by atoms with Crippen LogP contribution in [-0.2, 0) is 0 Å². The van der Waals surface area contributed by atoms with Crippen LogP contribution in [0.1, 0.15) is 27.5 Å². The summed E-state index contributed by atoms with van der Waals surface area (Å²) < 4.78 is 0. The van der Waals surface area contributed by atoms with Crippen molar-refractivity contribution in [3.63, 3.8) is 0 Å². The molecule has 0 unspecified atom stereocenters. The van der Waals surface area contributed by atoms with E-state index in [9.17, 15) is 0 Å². The first-order valence-electron chi connectivity index (χ1n) is 6.52. The summed E-state index contributed by atoms with van der Waals surface area (Å²) in [7, 11) is 5.59. The molecule has 2 aromatic carbocycles. The Morgan fingerprint density at radius 2 is 1.26 bits per heavy atom. The second-order valence-corrected chi connectivity index (χ2v) is 11.1. The molecule has 2 heteroatoms. The van der Waals surface area contributed by atoms with Crippen LogP contribution in [0.25, 0.3) is 11.1 Å². The first-order valence-corrected chi connectivity index (χ1v) is 9.86. The van der Waals surface area contributed by atoms with E-state index in [0.717, 1.165) is 0 Å². The SMILES string of the molecule is Cc1cccc2c1-c1c(C)cccc1C2S(C)(C)Cl. The van der Waals surface area contributed by atoms with Gasteiger partial charge >= 0.3 is 0 Å². The Morgan fingerprint density at radius 1 is 0.842 bits per heavy atom. The van der Waals surface area contributed by atoms with Gasteiger partial charge in [0.05, 0.1) is 5.25 Å². The van der Waals surface area contributed by atoms with Gasteiger partial charge in [0.15, 0.2) is 0 Å². The molecule has 1 aliphatic rings. The standard InChI is InChI=1S/C17H19ClS/c1-11-7-5-9-13-15(11)16-12(2)8-6-10-14(16)17(13)19(3,4)18/h5-10,17H,1-4H3. The van der Waals surface area contributed by atoms with E-state index in [4.69, 9.17) is 10.7 Å². The predicted molar refractivity (Wildman–Crippen MR) is 88.5 cm³/mol. The van der Waals surface area contributed by atoms with Crippen molar-refractivity contribution in [2.45, 2.75) is 19.1 Å². The van der Waals surface area contributed by atoms with E-state index in [1.807, 2.05) is 0 Å². The Morgan fingerprint density at radius 3 is 1.63 bits per heavy atom. The highest BCUT2D eigenvalue weighted by Crippen LogP contribution is 2.67. The van der Waals surface area contributed by atoms with Crippen molar-refractivity contribution in [3.8, 4) is 11.1 Å². The molecule has 0 saturated heterocycles. The monoisotopic (exact) mass is 290 g/mol. The third-order valence-corrected chi connectivity index (χ3v) is 6.15. The highest BCUT2D eigenvalue weighted by Gasteiger charge is 2.36. The van der Waals surface area contributed by atoms with Gasteiger partial charge in [-0.1, -0.05) is 47.1 Å². The van der Waals surface area contributed by atoms with Crippen LogP contribution in [0.5, 0.6) is 0 Å². The minimum atomic E-state index is -1.19. The summed E-state index contributed by atoms with van der Waals surface area (Å²) >= 11 is 0. The quantitative estimate of drug-likeness (QED) is 0.642. The van der Waals surface area contributed by atoms with Gasteiger partial charge in [-0.2, -0.15) is 9.24 Å². The van der Waals surface area contributed by atoms with Crippen LogP contribution in [0.3, 0.4) is 0 Å². The van der Waals surface area contributed by atoms with E-state index in [1.165, 1.54) is 33.4 Å². The second kappa shape index (κ2) is 4.29. The van der Waals surface area contributed by atoms with Crippen molar-refractivity contribution in [1.82, 2.24) is 0 Å². The van der Waals surface area contributed by atoms with Gasteiger partial charge in [0.25, 0.3) is 0 Å². The van der Waals surface area contributed by atoms with Crippen molar-refractivity contribution < 1.29 is 0 Å². The zero-order valence-corrected chi connectivity index (χ0v) is 13.4. The van der Waals surface area contributed by atoms with Crippen LogP contribution in [0.4, 0.5) is 0 Å². The highest BCUT2D eigenvalue weighted by atomic mass is 35.7. The maximum atomic E-state index is 6.78. The fourth-order valence-electron chi connectivity index (χ4n) is 3.27. The number of fused-ring (bicyclic) bond motifs is 3. The molecule has 0 amide bonds. The number of benzene rings is 2. The lowest BCUT2D eigenvalue weighted by Crippen LogP contribution is -2.02. The van der Waals surface area contributed by atoms with E-state index < -0.39 is 9.24 Å². The van der Waals surface area contributed by atoms with E-state index in [0.29, 0.717) is 5.25 Å². The molecule has 0 saturated carbocycles. The minimum absolute atomic E-state index is 0.360. The molecule has 0 fully saturated rings. The van der Waals surface area contributed by atoms with Crippen LogP contribution in [0.2, 0.25) is 0 Å². The van der Waals surface area contributed by atoms with Crippen molar-refractivity contribution in [3.05, 3.63) is 58.7 Å². The number of hydrogen-bond acceptors (Lipinski definition) is 0. The van der Waals surface area contributed by atoms with Crippen LogP contribution in [-0.4, -0.2) is 12.5 Å². The van der Waals surface area contributed by atoms with Gasteiger partial charge in [-0.05, 0) is 59.7 Å². The van der Waals surface area contributed by atoms with Gasteiger partial charge in [-0.25, -0.2) is 0 Å². The van der Waals surface area contributed by atoms with Crippen LogP contribution in [0.15, 0.2) is 36.4 Å². The molecule has 3 rings (SSSR count). The molecular weight excluding hydrogens is 272 g/mol. The molecule has 19 heavy (non-hydrogen) atoms. The molecule has 0 heterocycles. The largest absolute Gasteiger partial charge is 0.158 e. The fraction of sp³-hybridized carbons (Fsp3) is 0.294. The summed E-state index contributed by atoms with van der Waals surface area (Å²) in [5.74, 6) is 0. The van der Waals surface area contributed by atoms with E-state index in [1.54, 1.807) is 0 Å². The fourth-order valence-corrected chi connectivity index (χ4v) is 5.45. The molecule has 0 spiro atoms. The number of aryl methyl sites for hydroxylation is 2. The first kappa shape index (κ1) is 13.1. The Kier molecular flexibility index (Phi) is 2.95. The summed E-state index contributed by atoms with van der Waals surface area (Å²) in [5.41, 5.74) is 8.38. The Labute approximate surface area is 121 Å². The lowest BCUT2D eigenvalue weighted by molar-refractivity contribution is 1.20. The molecule has 1 aliphatic carbocycles. The summed E-state index contributed by atoms with van der Waals surface area (Å²) in [5, 5.41) is 0.360. The van der Waals surface area contributed by atoms with Crippen LogP contribution >= 0.6 is 19.9 Å². The van der Waals surface area contributed by atoms with Crippen LogP contribution in [0, 0.1) is 13.8 Å². The second-order valence-electron chi connectivity index (χ2n) is 5.74. The molecule has 0 N–H and O–H groups in total. The van der Waals surface area contributed by atoms with E-state index in [-0.39, 0.29) is 0 Å². The molecule has 2 aromatic rings. The normalized spacial score (nSPS) is 15.2. The maximum absolute atomic E-state index is 6.78. The predicted octanol–water partition coefficient (Wildman–Crippen LogP) is 5.59. The number of rotatable bonds is 1. The average Bonchev–Trinajstić information content (AvgIpc) is 2.65. The zero-order chi connectivity index (χ0) is 13.8. The number of halogens is 1. The topological polar surface area (TPSA) is 0 Å². The van der Waals surface area contributed by atoms with E-state index >= 15 is 0 Å². The van der Waals surface area contributed by atoms with Gasteiger partial charge < -0.3 is 0 Å². The summed E-state index contributed by atoms with van der Waals surface area (Å²) in [6.07, 6.45) is 4.39. The van der Waals surface area contributed by atoms with Gasteiger partial charge in [0.2, 0.25) is 0 Å². The van der Waals surface area contributed by atoms with Gasteiger partial charge in [0, 0.05) is 0 Å². The molecule has 0 aliphatic heterocycles. The van der Waals surface area contributed by atoms with Crippen molar-refractivity contribution in [2.75, 3.05) is 12.5 Å². The Bertz CT molecular complexity index is 601. The molecule has 0 aromatic heterocycles. The molecule has 0 bridgehead atoms. The van der Waals surface area contributed by atoms with Crippen LogP contribution < -0.4 is 0 Å². The molecule has 100 valence electrons. The third-order valence-electron chi connectivity index (χ3n) is 3.99. The highest BCUT2D eigenvalue weighted by molar-refractivity contribution is 8.50.